The van der Waals surface area contributed by atoms with E-state index in [1.165, 1.54) is 12.1 Å². The van der Waals surface area contributed by atoms with Gasteiger partial charge in [-0.15, -0.1) is 0 Å². The Bertz CT molecular complexity index is 554. The van der Waals surface area contributed by atoms with E-state index in [0.717, 1.165) is 22.4 Å². The first-order chi connectivity index (χ1) is 9.19. The third-order valence-corrected chi connectivity index (χ3v) is 2.98. The molecule has 0 aliphatic carbocycles. The van der Waals surface area contributed by atoms with E-state index in [9.17, 15) is 4.39 Å². The number of benzene rings is 2. The standard InChI is InChI=1S/C16H18FNO/c1-12-6-7-15(17)9-16(12)18-10-13-4-3-5-14(8-13)11-19-2/h3-9,18H,10-11H2,1-2H3. The summed E-state index contributed by atoms with van der Waals surface area (Å²) in [7, 11) is 1.68. The van der Waals surface area contributed by atoms with Crippen molar-refractivity contribution in [1.82, 2.24) is 0 Å². The number of rotatable bonds is 5. The quantitative estimate of drug-likeness (QED) is 0.879. The van der Waals surface area contributed by atoms with Crippen LogP contribution in [0.25, 0.3) is 0 Å². The molecule has 0 amide bonds. The molecular weight excluding hydrogens is 241 g/mol. The molecule has 3 heteroatoms. The SMILES string of the molecule is COCc1cccc(CNc2cc(F)ccc2C)c1. The van der Waals surface area contributed by atoms with Crippen molar-refractivity contribution in [3.05, 3.63) is 65.0 Å². The Labute approximate surface area is 113 Å². The van der Waals surface area contributed by atoms with Crippen molar-refractivity contribution >= 4 is 5.69 Å². The monoisotopic (exact) mass is 259 g/mol. The lowest BCUT2D eigenvalue weighted by atomic mass is 10.1. The van der Waals surface area contributed by atoms with Gasteiger partial charge in [0.05, 0.1) is 6.61 Å². The summed E-state index contributed by atoms with van der Waals surface area (Å²) >= 11 is 0. The maximum atomic E-state index is 13.2. The lowest BCUT2D eigenvalue weighted by Crippen LogP contribution is -2.02. The van der Waals surface area contributed by atoms with Gasteiger partial charge in [0, 0.05) is 19.3 Å². The highest BCUT2D eigenvalue weighted by molar-refractivity contribution is 5.51. The molecule has 0 saturated carbocycles. The first kappa shape index (κ1) is 13.6. The third kappa shape index (κ3) is 3.80. The van der Waals surface area contributed by atoms with Crippen LogP contribution in [0, 0.1) is 12.7 Å². The van der Waals surface area contributed by atoms with Crippen LogP contribution in [0.4, 0.5) is 10.1 Å². The fourth-order valence-corrected chi connectivity index (χ4v) is 1.98. The fourth-order valence-electron chi connectivity index (χ4n) is 1.98. The highest BCUT2D eigenvalue weighted by Gasteiger charge is 2.01. The second-order valence-electron chi connectivity index (χ2n) is 4.57. The Balaban J connectivity index is 2.05. The summed E-state index contributed by atoms with van der Waals surface area (Å²) in [5, 5.41) is 3.26. The fraction of sp³-hybridized carbons (Fsp3) is 0.250. The number of aryl methyl sites for hydroxylation is 1. The number of hydrogen-bond donors (Lipinski definition) is 1. The molecule has 2 aromatic carbocycles. The van der Waals surface area contributed by atoms with Gasteiger partial charge in [-0.25, -0.2) is 4.39 Å². The molecule has 2 aromatic rings. The number of ether oxygens (including phenoxy) is 1. The van der Waals surface area contributed by atoms with Crippen molar-refractivity contribution in [3.8, 4) is 0 Å². The summed E-state index contributed by atoms with van der Waals surface area (Å²) in [6.45, 7) is 3.23. The normalized spacial score (nSPS) is 10.5. The highest BCUT2D eigenvalue weighted by Crippen LogP contribution is 2.17. The van der Waals surface area contributed by atoms with Crippen molar-refractivity contribution in [2.45, 2.75) is 20.1 Å². The Morgan fingerprint density at radius 1 is 1.11 bits per heavy atom. The zero-order chi connectivity index (χ0) is 13.7. The van der Waals surface area contributed by atoms with Gasteiger partial charge in [-0.2, -0.15) is 0 Å². The van der Waals surface area contributed by atoms with Gasteiger partial charge < -0.3 is 10.1 Å². The first-order valence-corrected chi connectivity index (χ1v) is 6.26. The van der Waals surface area contributed by atoms with Crippen LogP contribution in [0.2, 0.25) is 0 Å². The molecule has 19 heavy (non-hydrogen) atoms. The van der Waals surface area contributed by atoms with Gasteiger partial charge in [0.25, 0.3) is 0 Å². The minimum Gasteiger partial charge on any atom is -0.381 e. The average molecular weight is 259 g/mol. The van der Waals surface area contributed by atoms with E-state index in [1.54, 1.807) is 13.2 Å². The smallest absolute Gasteiger partial charge is 0.125 e. The molecule has 2 nitrogen and oxygen atoms in total. The summed E-state index contributed by atoms with van der Waals surface area (Å²) in [6, 6.07) is 12.9. The predicted octanol–water partition coefficient (Wildman–Crippen LogP) is 3.89. The van der Waals surface area contributed by atoms with Crippen LogP contribution in [0.3, 0.4) is 0 Å². The van der Waals surface area contributed by atoms with Gasteiger partial charge in [0.2, 0.25) is 0 Å². The van der Waals surface area contributed by atoms with E-state index in [1.807, 2.05) is 25.1 Å². The molecule has 0 fully saturated rings. The molecule has 0 aliphatic rings. The van der Waals surface area contributed by atoms with E-state index in [2.05, 4.69) is 11.4 Å². The molecule has 0 bridgehead atoms. The molecule has 0 radical (unpaired) electrons. The molecule has 100 valence electrons. The lowest BCUT2D eigenvalue weighted by Gasteiger charge is -2.10. The van der Waals surface area contributed by atoms with Gasteiger partial charge in [-0.1, -0.05) is 30.3 Å². The van der Waals surface area contributed by atoms with Gasteiger partial charge >= 0.3 is 0 Å². The van der Waals surface area contributed by atoms with E-state index < -0.39 is 0 Å². The highest BCUT2D eigenvalue weighted by atomic mass is 19.1. The maximum Gasteiger partial charge on any atom is 0.125 e. The molecule has 0 spiro atoms. The van der Waals surface area contributed by atoms with Crippen molar-refractivity contribution < 1.29 is 9.13 Å². The molecule has 0 aromatic heterocycles. The van der Waals surface area contributed by atoms with Crippen LogP contribution in [-0.4, -0.2) is 7.11 Å². The van der Waals surface area contributed by atoms with Crippen LogP contribution in [0.1, 0.15) is 16.7 Å². The van der Waals surface area contributed by atoms with Gasteiger partial charge in [0.15, 0.2) is 0 Å². The van der Waals surface area contributed by atoms with Crippen LogP contribution >= 0.6 is 0 Å². The number of hydrogen-bond acceptors (Lipinski definition) is 2. The average Bonchev–Trinajstić information content (AvgIpc) is 2.41. The lowest BCUT2D eigenvalue weighted by molar-refractivity contribution is 0.185. The molecule has 2 rings (SSSR count). The zero-order valence-corrected chi connectivity index (χ0v) is 11.2. The van der Waals surface area contributed by atoms with Gasteiger partial charge in [-0.3, -0.25) is 0 Å². The minimum absolute atomic E-state index is 0.221. The van der Waals surface area contributed by atoms with Gasteiger partial charge in [0.1, 0.15) is 5.82 Å². The Morgan fingerprint density at radius 3 is 2.68 bits per heavy atom. The molecule has 0 saturated heterocycles. The maximum absolute atomic E-state index is 13.2. The molecule has 0 atom stereocenters. The molecule has 0 unspecified atom stereocenters. The van der Waals surface area contributed by atoms with E-state index in [0.29, 0.717) is 13.2 Å². The number of anilines is 1. The van der Waals surface area contributed by atoms with Crippen LogP contribution in [0.15, 0.2) is 42.5 Å². The van der Waals surface area contributed by atoms with Crippen LogP contribution < -0.4 is 5.32 Å². The second kappa shape index (κ2) is 6.34. The predicted molar refractivity (Wildman–Crippen MR) is 75.6 cm³/mol. The molecule has 0 heterocycles. The van der Waals surface area contributed by atoms with Crippen molar-refractivity contribution in [1.29, 1.82) is 0 Å². The number of methoxy groups -OCH3 is 1. The third-order valence-electron chi connectivity index (χ3n) is 2.98. The molecule has 1 N–H and O–H groups in total. The second-order valence-corrected chi connectivity index (χ2v) is 4.57. The van der Waals surface area contributed by atoms with Crippen molar-refractivity contribution in [2.75, 3.05) is 12.4 Å². The van der Waals surface area contributed by atoms with E-state index >= 15 is 0 Å². The van der Waals surface area contributed by atoms with Crippen molar-refractivity contribution in [2.24, 2.45) is 0 Å². The summed E-state index contributed by atoms with van der Waals surface area (Å²) in [5.41, 5.74) is 4.16. The van der Waals surface area contributed by atoms with E-state index in [-0.39, 0.29) is 5.82 Å². The van der Waals surface area contributed by atoms with E-state index in [4.69, 9.17) is 4.74 Å². The molecular formula is C16H18FNO. The Hall–Kier alpha value is -1.87. The summed E-state index contributed by atoms with van der Waals surface area (Å²) in [6.07, 6.45) is 0. The van der Waals surface area contributed by atoms with Crippen LogP contribution in [0.5, 0.6) is 0 Å². The number of nitrogens with one attached hydrogen (secondary N) is 1. The Morgan fingerprint density at radius 2 is 1.89 bits per heavy atom. The van der Waals surface area contributed by atoms with Gasteiger partial charge in [-0.05, 0) is 35.7 Å². The zero-order valence-electron chi connectivity index (χ0n) is 11.2. The topological polar surface area (TPSA) is 21.3 Å². The number of halogens is 1. The first-order valence-electron chi connectivity index (χ1n) is 6.26. The Kier molecular flexibility index (Phi) is 4.53. The summed E-state index contributed by atoms with van der Waals surface area (Å²) in [5.74, 6) is -0.221. The summed E-state index contributed by atoms with van der Waals surface area (Å²) in [4.78, 5) is 0. The summed E-state index contributed by atoms with van der Waals surface area (Å²) < 4.78 is 18.3. The minimum atomic E-state index is -0.221. The van der Waals surface area contributed by atoms with Crippen LogP contribution in [-0.2, 0) is 17.9 Å². The van der Waals surface area contributed by atoms with Crippen molar-refractivity contribution in [3.63, 3.8) is 0 Å². The molecule has 0 aliphatic heterocycles. The largest absolute Gasteiger partial charge is 0.381 e.